The average Bonchev–Trinajstić information content (AvgIpc) is 3.72. The molecule has 1 aliphatic heterocycles. The molecule has 12 heteroatoms. The molecular weight excluding hydrogens is 568 g/mol. The number of aryl methyl sites for hydroxylation is 1. The van der Waals surface area contributed by atoms with Gasteiger partial charge in [0.1, 0.15) is 21.8 Å². The number of ether oxygens (including phenoxy) is 2. The van der Waals surface area contributed by atoms with E-state index in [1.54, 1.807) is 51.2 Å². The summed E-state index contributed by atoms with van der Waals surface area (Å²) < 4.78 is 17.2. The van der Waals surface area contributed by atoms with E-state index in [1.807, 2.05) is 47.5 Å². The lowest BCUT2D eigenvalue weighted by atomic mass is 9.92. The van der Waals surface area contributed by atoms with Crippen LogP contribution in [0.25, 0.3) is 11.5 Å². The van der Waals surface area contributed by atoms with E-state index in [1.165, 1.54) is 7.11 Å². The predicted octanol–water partition coefficient (Wildman–Crippen LogP) is 5.87. The van der Waals surface area contributed by atoms with Crippen molar-refractivity contribution in [2.45, 2.75) is 71.1 Å². The lowest BCUT2D eigenvalue weighted by Crippen LogP contribution is -2.47. The van der Waals surface area contributed by atoms with Crippen molar-refractivity contribution in [3.8, 4) is 17.3 Å². The van der Waals surface area contributed by atoms with Crippen LogP contribution in [0.3, 0.4) is 0 Å². The highest BCUT2D eigenvalue weighted by molar-refractivity contribution is 7.09. The van der Waals surface area contributed by atoms with Gasteiger partial charge in [0, 0.05) is 35.7 Å². The standard InChI is InChI=1S/C31H36N6O5S/c1-19-18-43-26(32-19)23-13-10-14-37(23)27(38)22-15-21(16-24(33-22)40-6)25-35-36-28(41-25)31(5,17-20-11-8-7-9-12-20)34-29(39)42-30(2,3)4/h7-9,11-12,15-16,18,23H,10,13-14,17H2,1-6H3,(H,34,39). The molecule has 0 saturated carbocycles. The third-order valence-electron chi connectivity index (χ3n) is 6.99. The molecule has 1 N–H and O–H groups in total. The highest BCUT2D eigenvalue weighted by Gasteiger charge is 2.37. The maximum Gasteiger partial charge on any atom is 0.408 e. The molecule has 1 aromatic carbocycles. The Kier molecular flexibility index (Phi) is 8.50. The van der Waals surface area contributed by atoms with Crippen LogP contribution in [0.5, 0.6) is 5.88 Å². The summed E-state index contributed by atoms with van der Waals surface area (Å²) in [6, 6.07) is 12.8. The third kappa shape index (κ3) is 7.02. The monoisotopic (exact) mass is 604 g/mol. The summed E-state index contributed by atoms with van der Waals surface area (Å²) in [7, 11) is 1.48. The quantitative estimate of drug-likeness (QED) is 0.262. The average molecular weight is 605 g/mol. The second-order valence-corrected chi connectivity index (χ2v) is 12.7. The van der Waals surface area contributed by atoms with Gasteiger partial charge >= 0.3 is 6.09 Å². The molecule has 2 amide bonds. The first-order chi connectivity index (χ1) is 20.4. The third-order valence-corrected chi connectivity index (χ3v) is 8.05. The lowest BCUT2D eigenvalue weighted by Gasteiger charge is -2.29. The number of hydrogen-bond acceptors (Lipinski definition) is 10. The molecule has 0 spiro atoms. The van der Waals surface area contributed by atoms with Crippen LogP contribution in [0.15, 0.2) is 52.3 Å². The lowest BCUT2D eigenvalue weighted by molar-refractivity contribution is 0.0443. The Morgan fingerprint density at radius 1 is 1.12 bits per heavy atom. The summed E-state index contributed by atoms with van der Waals surface area (Å²) in [5, 5.41) is 14.5. The summed E-state index contributed by atoms with van der Waals surface area (Å²) >= 11 is 1.56. The number of carbonyl (C=O) groups excluding carboxylic acids is 2. The molecule has 1 saturated heterocycles. The Bertz CT molecular complexity index is 1600. The molecule has 0 bridgehead atoms. The number of benzene rings is 1. The maximum atomic E-state index is 13.7. The summed E-state index contributed by atoms with van der Waals surface area (Å²) in [5.41, 5.74) is 0.770. The first kappa shape index (κ1) is 30.1. The molecule has 2 atom stereocenters. The van der Waals surface area contributed by atoms with E-state index in [2.05, 4.69) is 25.5 Å². The fourth-order valence-corrected chi connectivity index (χ4v) is 5.99. The molecule has 3 aromatic heterocycles. The number of carbonyl (C=O) groups is 2. The predicted molar refractivity (Wildman–Crippen MR) is 161 cm³/mol. The van der Waals surface area contributed by atoms with Gasteiger partial charge in [0.25, 0.3) is 5.91 Å². The zero-order valence-electron chi connectivity index (χ0n) is 25.2. The Morgan fingerprint density at radius 3 is 2.56 bits per heavy atom. The normalized spacial score (nSPS) is 16.5. The van der Waals surface area contributed by atoms with Gasteiger partial charge in [0.2, 0.25) is 17.7 Å². The first-order valence-corrected chi connectivity index (χ1v) is 15.0. The van der Waals surface area contributed by atoms with Crippen LogP contribution < -0.4 is 10.1 Å². The van der Waals surface area contributed by atoms with Crippen LogP contribution in [-0.2, 0) is 16.7 Å². The van der Waals surface area contributed by atoms with Gasteiger partial charge in [-0.05, 0) is 59.1 Å². The minimum atomic E-state index is -1.10. The van der Waals surface area contributed by atoms with Crippen LogP contribution in [0, 0.1) is 6.92 Å². The summed E-state index contributed by atoms with van der Waals surface area (Å²) in [4.78, 5) is 37.5. The van der Waals surface area contributed by atoms with Gasteiger partial charge in [-0.1, -0.05) is 30.3 Å². The zero-order valence-corrected chi connectivity index (χ0v) is 26.0. The summed E-state index contributed by atoms with van der Waals surface area (Å²) in [6.45, 7) is 9.74. The zero-order chi connectivity index (χ0) is 30.8. The van der Waals surface area contributed by atoms with E-state index in [4.69, 9.17) is 13.9 Å². The first-order valence-electron chi connectivity index (χ1n) is 14.1. The fraction of sp³-hybridized carbons (Fsp3) is 0.419. The van der Waals surface area contributed by atoms with Crippen LogP contribution in [-0.4, -0.2) is 56.3 Å². The van der Waals surface area contributed by atoms with Crippen molar-refractivity contribution in [2.24, 2.45) is 0 Å². The molecule has 11 nitrogen and oxygen atoms in total. The number of aromatic nitrogens is 4. The van der Waals surface area contributed by atoms with Crippen molar-refractivity contribution in [3.63, 3.8) is 0 Å². The van der Waals surface area contributed by atoms with Gasteiger partial charge in [-0.15, -0.1) is 21.5 Å². The van der Waals surface area contributed by atoms with Crippen LogP contribution in [0.4, 0.5) is 4.79 Å². The molecule has 0 radical (unpaired) electrons. The SMILES string of the molecule is COc1cc(-c2nnc(C(C)(Cc3ccccc3)NC(=O)OC(C)(C)C)o2)cc(C(=O)N2CCCC2c2nc(C)cs2)n1. The van der Waals surface area contributed by atoms with E-state index < -0.39 is 17.2 Å². The second-order valence-electron chi connectivity index (χ2n) is 11.8. The van der Waals surface area contributed by atoms with Crippen molar-refractivity contribution in [1.82, 2.24) is 30.4 Å². The summed E-state index contributed by atoms with van der Waals surface area (Å²) in [6.07, 6.45) is 1.47. The highest BCUT2D eigenvalue weighted by atomic mass is 32.1. The Morgan fingerprint density at radius 2 is 1.88 bits per heavy atom. The molecule has 1 aliphatic rings. The van der Waals surface area contributed by atoms with Crippen LogP contribution in [0.2, 0.25) is 0 Å². The fourth-order valence-electron chi connectivity index (χ4n) is 5.05. The summed E-state index contributed by atoms with van der Waals surface area (Å²) in [5.74, 6) is 0.347. The number of pyridine rings is 1. The van der Waals surface area contributed by atoms with Crippen LogP contribution in [0.1, 0.15) is 79.2 Å². The largest absolute Gasteiger partial charge is 0.481 e. The number of nitrogens with zero attached hydrogens (tertiary/aromatic N) is 5. The van der Waals surface area contributed by atoms with E-state index in [0.717, 1.165) is 29.1 Å². The Balaban J connectivity index is 1.46. The number of hydrogen-bond donors (Lipinski definition) is 1. The number of likely N-dealkylation sites (tertiary alicyclic amines) is 1. The van der Waals surface area contributed by atoms with Crippen molar-refractivity contribution in [1.29, 1.82) is 0 Å². The number of amides is 2. The van der Waals surface area contributed by atoms with E-state index in [9.17, 15) is 9.59 Å². The number of alkyl carbamates (subject to hydrolysis) is 1. The van der Waals surface area contributed by atoms with E-state index in [0.29, 0.717) is 18.5 Å². The highest BCUT2D eigenvalue weighted by Crippen LogP contribution is 2.36. The molecule has 43 heavy (non-hydrogen) atoms. The topological polar surface area (TPSA) is 133 Å². The van der Waals surface area contributed by atoms with Crippen molar-refractivity contribution in [3.05, 3.63) is 75.7 Å². The van der Waals surface area contributed by atoms with E-state index >= 15 is 0 Å². The molecule has 2 unspecified atom stereocenters. The van der Waals surface area contributed by atoms with E-state index in [-0.39, 0.29) is 35.3 Å². The van der Waals surface area contributed by atoms with Gasteiger partial charge in [0.15, 0.2) is 0 Å². The minimum Gasteiger partial charge on any atom is -0.481 e. The van der Waals surface area contributed by atoms with Crippen molar-refractivity contribution < 1.29 is 23.5 Å². The van der Waals surface area contributed by atoms with Gasteiger partial charge < -0.3 is 24.1 Å². The molecule has 5 rings (SSSR count). The van der Waals surface area contributed by atoms with Gasteiger partial charge in [-0.25, -0.2) is 14.8 Å². The van der Waals surface area contributed by atoms with Gasteiger partial charge in [-0.3, -0.25) is 4.79 Å². The number of nitrogens with one attached hydrogen (secondary N) is 1. The molecule has 226 valence electrons. The van der Waals surface area contributed by atoms with Crippen LogP contribution >= 0.6 is 11.3 Å². The molecule has 0 aliphatic carbocycles. The van der Waals surface area contributed by atoms with Gasteiger partial charge in [0.05, 0.1) is 13.2 Å². The number of rotatable bonds is 8. The Labute approximate surface area is 254 Å². The molecule has 4 heterocycles. The minimum absolute atomic E-state index is 0.102. The second kappa shape index (κ2) is 12.1. The smallest absolute Gasteiger partial charge is 0.408 e. The Hall–Kier alpha value is -4.32. The van der Waals surface area contributed by atoms with Gasteiger partial charge in [-0.2, -0.15) is 0 Å². The molecular formula is C31H36N6O5S. The van der Waals surface area contributed by atoms with Crippen molar-refractivity contribution >= 4 is 23.3 Å². The maximum absolute atomic E-state index is 13.7. The van der Waals surface area contributed by atoms with Crippen molar-refractivity contribution in [2.75, 3.05) is 13.7 Å². The molecule has 4 aromatic rings. The number of methoxy groups -OCH3 is 1. The number of thiazole rings is 1. The molecule has 1 fully saturated rings.